The molecule has 0 aliphatic heterocycles. The van der Waals surface area contributed by atoms with Crippen molar-refractivity contribution in [3.05, 3.63) is 28.3 Å². The summed E-state index contributed by atoms with van der Waals surface area (Å²) in [6, 6.07) is 2.90. The molecule has 0 heterocycles. The number of aliphatic hydroxyl groups is 1. The first kappa shape index (κ1) is 17.8. The molecule has 1 rings (SSSR count). The third-order valence-corrected chi connectivity index (χ3v) is 6.42. The summed E-state index contributed by atoms with van der Waals surface area (Å²) in [5.74, 6) is 0.711. The van der Waals surface area contributed by atoms with Crippen LogP contribution in [0, 0.1) is 6.92 Å². The zero-order valence-electron chi connectivity index (χ0n) is 12.1. The van der Waals surface area contributed by atoms with E-state index in [9.17, 15) is 13.5 Å². The second-order valence-corrected chi connectivity index (χ2v) is 7.98. The first-order valence-electron chi connectivity index (χ1n) is 6.12. The van der Waals surface area contributed by atoms with Gasteiger partial charge in [0.1, 0.15) is 0 Å². The molecule has 0 saturated heterocycles. The van der Waals surface area contributed by atoms with Crippen LogP contribution in [0.4, 0.5) is 0 Å². The molecule has 0 aliphatic carbocycles. The molecule has 1 N–H and O–H groups in total. The van der Waals surface area contributed by atoms with E-state index in [1.54, 1.807) is 31.8 Å². The SMILES string of the molecule is CSCC(C)N(C)S(=O)(=O)c1cc(Cl)cc(CO)c1C. The van der Waals surface area contributed by atoms with Crippen LogP contribution in [0.2, 0.25) is 5.02 Å². The summed E-state index contributed by atoms with van der Waals surface area (Å²) in [5, 5.41) is 9.60. The molecule has 0 fully saturated rings. The molecule has 1 unspecified atom stereocenters. The van der Waals surface area contributed by atoms with Crippen molar-refractivity contribution in [2.45, 2.75) is 31.4 Å². The van der Waals surface area contributed by atoms with Crippen molar-refractivity contribution < 1.29 is 13.5 Å². The van der Waals surface area contributed by atoms with Crippen molar-refractivity contribution in [2.24, 2.45) is 0 Å². The Morgan fingerprint density at radius 3 is 2.55 bits per heavy atom. The van der Waals surface area contributed by atoms with Crippen LogP contribution in [0.1, 0.15) is 18.1 Å². The number of aliphatic hydroxyl groups excluding tert-OH is 1. The van der Waals surface area contributed by atoms with Gasteiger partial charge in [0, 0.05) is 23.9 Å². The quantitative estimate of drug-likeness (QED) is 0.866. The van der Waals surface area contributed by atoms with Crippen molar-refractivity contribution in [1.29, 1.82) is 0 Å². The van der Waals surface area contributed by atoms with Gasteiger partial charge in [-0.15, -0.1) is 0 Å². The number of sulfonamides is 1. The van der Waals surface area contributed by atoms with E-state index >= 15 is 0 Å². The zero-order valence-corrected chi connectivity index (χ0v) is 14.4. The van der Waals surface area contributed by atoms with Crippen molar-refractivity contribution >= 4 is 33.4 Å². The van der Waals surface area contributed by atoms with E-state index in [-0.39, 0.29) is 17.5 Å². The van der Waals surface area contributed by atoms with Gasteiger partial charge in [0.2, 0.25) is 10.0 Å². The largest absolute Gasteiger partial charge is 0.392 e. The number of thioether (sulfide) groups is 1. The van der Waals surface area contributed by atoms with Gasteiger partial charge in [-0.2, -0.15) is 16.1 Å². The molecule has 0 aliphatic rings. The van der Waals surface area contributed by atoms with Gasteiger partial charge in [0.15, 0.2) is 0 Å². The van der Waals surface area contributed by atoms with E-state index in [1.165, 1.54) is 10.4 Å². The summed E-state index contributed by atoms with van der Waals surface area (Å²) in [6.45, 7) is 3.31. The highest BCUT2D eigenvalue weighted by Crippen LogP contribution is 2.27. The molecule has 0 saturated carbocycles. The Morgan fingerprint density at radius 2 is 2.05 bits per heavy atom. The number of hydrogen-bond donors (Lipinski definition) is 1. The monoisotopic (exact) mass is 337 g/mol. The Bertz CT molecular complexity index is 575. The molecule has 20 heavy (non-hydrogen) atoms. The van der Waals surface area contributed by atoms with Gasteiger partial charge in [-0.3, -0.25) is 0 Å². The fourth-order valence-corrected chi connectivity index (χ4v) is 4.64. The van der Waals surface area contributed by atoms with Gasteiger partial charge in [0.25, 0.3) is 0 Å². The Balaban J connectivity index is 3.32. The Morgan fingerprint density at radius 1 is 1.45 bits per heavy atom. The van der Waals surface area contributed by atoms with Gasteiger partial charge in [-0.05, 0) is 43.4 Å². The Kier molecular flexibility index (Phi) is 6.34. The minimum atomic E-state index is -3.62. The molecule has 0 bridgehead atoms. The maximum absolute atomic E-state index is 12.7. The number of benzene rings is 1. The summed E-state index contributed by atoms with van der Waals surface area (Å²) in [5.41, 5.74) is 1.07. The summed E-state index contributed by atoms with van der Waals surface area (Å²) < 4.78 is 26.7. The minimum Gasteiger partial charge on any atom is -0.392 e. The van der Waals surface area contributed by atoms with Crippen LogP contribution in [-0.4, -0.2) is 42.9 Å². The van der Waals surface area contributed by atoms with E-state index in [1.807, 2.05) is 13.2 Å². The third kappa shape index (κ3) is 3.68. The van der Waals surface area contributed by atoms with Crippen LogP contribution >= 0.6 is 23.4 Å². The Hall–Kier alpha value is -0.270. The fraction of sp³-hybridized carbons (Fsp3) is 0.538. The lowest BCUT2D eigenvalue weighted by Crippen LogP contribution is -2.37. The molecule has 0 amide bonds. The van der Waals surface area contributed by atoms with Crippen LogP contribution in [0.25, 0.3) is 0 Å². The summed E-state index contributed by atoms with van der Waals surface area (Å²) in [6.07, 6.45) is 1.94. The lowest BCUT2D eigenvalue weighted by atomic mass is 10.1. The highest BCUT2D eigenvalue weighted by atomic mass is 35.5. The average Bonchev–Trinajstić information content (AvgIpc) is 2.40. The summed E-state index contributed by atoms with van der Waals surface area (Å²) >= 11 is 7.55. The molecule has 0 radical (unpaired) electrons. The van der Waals surface area contributed by atoms with E-state index in [2.05, 4.69) is 0 Å². The molecular weight excluding hydrogens is 318 g/mol. The highest BCUT2D eigenvalue weighted by Gasteiger charge is 2.27. The van der Waals surface area contributed by atoms with Gasteiger partial charge in [-0.1, -0.05) is 11.6 Å². The molecular formula is C13H20ClNO3S2. The average molecular weight is 338 g/mol. The van der Waals surface area contributed by atoms with E-state index in [4.69, 9.17) is 11.6 Å². The number of nitrogens with zero attached hydrogens (tertiary/aromatic N) is 1. The maximum atomic E-state index is 12.7. The van der Waals surface area contributed by atoms with Crippen LogP contribution < -0.4 is 0 Å². The second kappa shape index (κ2) is 7.13. The number of halogens is 1. The number of hydrogen-bond acceptors (Lipinski definition) is 4. The molecule has 7 heteroatoms. The third-order valence-electron chi connectivity index (χ3n) is 3.29. The van der Waals surface area contributed by atoms with Crippen molar-refractivity contribution in [2.75, 3.05) is 19.1 Å². The molecule has 1 aromatic carbocycles. The second-order valence-electron chi connectivity index (χ2n) is 4.67. The van der Waals surface area contributed by atoms with Crippen molar-refractivity contribution in [1.82, 2.24) is 4.31 Å². The van der Waals surface area contributed by atoms with E-state index < -0.39 is 10.0 Å². The van der Waals surface area contributed by atoms with Gasteiger partial charge in [0.05, 0.1) is 11.5 Å². The van der Waals surface area contributed by atoms with Crippen LogP contribution in [-0.2, 0) is 16.6 Å². The molecule has 1 atom stereocenters. The fourth-order valence-electron chi connectivity index (χ4n) is 1.88. The lowest BCUT2D eigenvalue weighted by molar-refractivity contribution is 0.280. The van der Waals surface area contributed by atoms with Crippen molar-refractivity contribution in [3.8, 4) is 0 Å². The van der Waals surface area contributed by atoms with E-state index in [0.29, 0.717) is 21.9 Å². The topological polar surface area (TPSA) is 57.6 Å². The molecule has 1 aromatic rings. The highest BCUT2D eigenvalue weighted by molar-refractivity contribution is 7.98. The zero-order chi connectivity index (χ0) is 15.5. The minimum absolute atomic E-state index is 0.119. The van der Waals surface area contributed by atoms with Crippen molar-refractivity contribution in [3.63, 3.8) is 0 Å². The predicted octanol–water partition coefficient (Wildman–Crippen LogP) is 2.51. The molecule has 114 valence electrons. The first-order valence-corrected chi connectivity index (χ1v) is 9.33. The molecule has 0 spiro atoms. The summed E-state index contributed by atoms with van der Waals surface area (Å²) in [7, 11) is -2.06. The standard InChI is InChI=1S/C13H20ClNO3S2/c1-9(8-19-4)15(3)20(17,18)13-6-12(14)5-11(7-16)10(13)2/h5-6,9,16H,7-8H2,1-4H3. The molecule has 4 nitrogen and oxygen atoms in total. The van der Waals surface area contributed by atoms with Gasteiger partial charge in [-0.25, -0.2) is 8.42 Å². The normalized spacial score (nSPS) is 13.8. The van der Waals surface area contributed by atoms with Gasteiger partial charge >= 0.3 is 0 Å². The maximum Gasteiger partial charge on any atom is 0.243 e. The van der Waals surface area contributed by atoms with Crippen LogP contribution in [0.3, 0.4) is 0 Å². The van der Waals surface area contributed by atoms with E-state index in [0.717, 1.165) is 0 Å². The predicted molar refractivity (Wildman–Crippen MR) is 84.9 cm³/mol. The first-order chi connectivity index (χ1) is 9.25. The van der Waals surface area contributed by atoms with Gasteiger partial charge < -0.3 is 5.11 Å². The molecule has 0 aromatic heterocycles. The van der Waals surface area contributed by atoms with Crippen LogP contribution in [0.5, 0.6) is 0 Å². The lowest BCUT2D eigenvalue weighted by Gasteiger charge is -2.25. The smallest absolute Gasteiger partial charge is 0.243 e. The summed E-state index contributed by atoms with van der Waals surface area (Å²) in [4.78, 5) is 0.157. The Labute approximate surface area is 130 Å². The number of rotatable bonds is 6. The van der Waals surface area contributed by atoms with Crippen LogP contribution in [0.15, 0.2) is 17.0 Å².